The van der Waals surface area contributed by atoms with Crippen molar-refractivity contribution in [1.82, 2.24) is 10.2 Å². The minimum absolute atomic E-state index is 0.780. The molecule has 2 aromatic rings. The fourth-order valence-electron chi connectivity index (χ4n) is 1.70. The monoisotopic (exact) mass is 201 g/mol. The number of nitrogen functional groups attached to an aromatic ring is 1. The van der Waals surface area contributed by atoms with E-state index in [0.717, 1.165) is 29.1 Å². The summed E-state index contributed by atoms with van der Waals surface area (Å²) in [5.41, 5.74) is 11.0. The maximum atomic E-state index is 5.79. The van der Waals surface area contributed by atoms with Gasteiger partial charge in [0, 0.05) is 16.9 Å². The minimum Gasteiger partial charge on any atom is -0.399 e. The molecule has 15 heavy (non-hydrogen) atoms. The van der Waals surface area contributed by atoms with E-state index < -0.39 is 0 Å². The van der Waals surface area contributed by atoms with Crippen LogP contribution in [0.25, 0.3) is 11.3 Å². The molecule has 3 nitrogen and oxygen atoms in total. The number of benzene rings is 1. The molecule has 0 saturated heterocycles. The van der Waals surface area contributed by atoms with E-state index in [0.29, 0.717) is 0 Å². The van der Waals surface area contributed by atoms with Gasteiger partial charge < -0.3 is 5.73 Å². The van der Waals surface area contributed by atoms with Gasteiger partial charge in [-0.05, 0) is 37.1 Å². The van der Waals surface area contributed by atoms with Crippen LogP contribution >= 0.6 is 0 Å². The molecular formula is C12H15N3. The molecule has 0 bridgehead atoms. The SMILES string of the molecule is CCc1ccc(N)cc1-c1cc(C)[nH]n1. The van der Waals surface area contributed by atoms with Crippen molar-refractivity contribution >= 4 is 5.69 Å². The maximum Gasteiger partial charge on any atom is 0.0926 e. The third-order valence-electron chi connectivity index (χ3n) is 2.50. The molecule has 1 heterocycles. The quantitative estimate of drug-likeness (QED) is 0.733. The van der Waals surface area contributed by atoms with Gasteiger partial charge in [-0.25, -0.2) is 0 Å². The molecule has 1 aromatic heterocycles. The van der Waals surface area contributed by atoms with Crippen LogP contribution in [0.3, 0.4) is 0 Å². The van der Waals surface area contributed by atoms with E-state index in [9.17, 15) is 0 Å². The van der Waals surface area contributed by atoms with E-state index in [1.165, 1.54) is 5.56 Å². The van der Waals surface area contributed by atoms with Crippen molar-refractivity contribution in [2.24, 2.45) is 0 Å². The summed E-state index contributed by atoms with van der Waals surface area (Å²) >= 11 is 0. The topological polar surface area (TPSA) is 54.7 Å². The molecular weight excluding hydrogens is 186 g/mol. The Hall–Kier alpha value is -1.77. The highest BCUT2D eigenvalue weighted by Gasteiger charge is 2.07. The van der Waals surface area contributed by atoms with Gasteiger partial charge in [0.05, 0.1) is 5.69 Å². The van der Waals surface area contributed by atoms with Crippen molar-refractivity contribution < 1.29 is 0 Å². The molecule has 0 saturated carbocycles. The zero-order valence-electron chi connectivity index (χ0n) is 9.04. The zero-order chi connectivity index (χ0) is 10.8. The van der Waals surface area contributed by atoms with Crippen molar-refractivity contribution in [2.45, 2.75) is 20.3 Å². The Labute approximate surface area is 89.3 Å². The van der Waals surface area contributed by atoms with Crippen LogP contribution in [0.5, 0.6) is 0 Å². The predicted octanol–water partition coefficient (Wildman–Crippen LogP) is 2.53. The number of rotatable bonds is 2. The summed E-state index contributed by atoms with van der Waals surface area (Å²) < 4.78 is 0. The summed E-state index contributed by atoms with van der Waals surface area (Å²) in [5.74, 6) is 0. The number of anilines is 1. The molecule has 2 rings (SSSR count). The highest BCUT2D eigenvalue weighted by atomic mass is 15.1. The summed E-state index contributed by atoms with van der Waals surface area (Å²) in [7, 11) is 0. The largest absolute Gasteiger partial charge is 0.399 e. The number of nitrogens with two attached hydrogens (primary N) is 1. The number of aryl methyl sites for hydroxylation is 2. The standard InChI is InChI=1S/C12H15N3/c1-3-9-4-5-10(13)7-11(9)12-6-8(2)14-15-12/h4-7H,3,13H2,1-2H3,(H,14,15). The van der Waals surface area contributed by atoms with Gasteiger partial charge in [-0.15, -0.1) is 0 Å². The van der Waals surface area contributed by atoms with Gasteiger partial charge in [0.2, 0.25) is 0 Å². The molecule has 0 spiro atoms. The van der Waals surface area contributed by atoms with Crippen LogP contribution in [0.1, 0.15) is 18.2 Å². The number of aromatic nitrogens is 2. The molecule has 0 radical (unpaired) electrons. The second-order valence-electron chi connectivity index (χ2n) is 3.71. The average Bonchev–Trinajstić information content (AvgIpc) is 2.65. The van der Waals surface area contributed by atoms with Crippen LogP contribution in [0, 0.1) is 6.92 Å². The van der Waals surface area contributed by atoms with Gasteiger partial charge in [-0.1, -0.05) is 13.0 Å². The molecule has 0 amide bonds. The molecule has 78 valence electrons. The maximum absolute atomic E-state index is 5.79. The van der Waals surface area contributed by atoms with Gasteiger partial charge in [0.15, 0.2) is 0 Å². The third-order valence-corrected chi connectivity index (χ3v) is 2.50. The number of nitrogens with one attached hydrogen (secondary N) is 1. The summed E-state index contributed by atoms with van der Waals surface area (Å²) in [5, 5.41) is 7.20. The molecule has 0 aliphatic carbocycles. The summed E-state index contributed by atoms with van der Waals surface area (Å²) in [6.45, 7) is 4.13. The molecule has 3 heteroatoms. The summed E-state index contributed by atoms with van der Waals surface area (Å²) in [6, 6.07) is 8.01. The first-order valence-corrected chi connectivity index (χ1v) is 5.11. The van der Waals surface area contributed by atoms with E-state index >= 15 is 0 Å². The number of aromatic amines is 1. The van der Waals surface area contributed by atoms with Gasteiger partial charge in [-0.3, -0.25) is 5.10 Å². The third kappa shape index (κ3) is 1.86. The molecule has 0 aliphatic rings. The van der Waals surface area contributed by atoms with E-state index in [2.05, 4.69) is 23.2 Å². The molecule has 0 unspecified atom stereocenters. The Morgan fingerprint density at radius 2 is 2.13 bits per heavy atom. The van der Waals surface area contributed by atoms with Crippen molar-refractivity contribution in [3.8, 4) is 11.3 Å². The van der Waals surface area contributed by atoms with E-state index in [1.807, 2.05) is 25.1 Å². The molecule has 0 aliphatic heterocycles. The van der Waals surface area contributed by atoms with Crippen LogP contribution in [0.4, 0.5) is 5.69 Å². The van der Waals surface area contributed by atoms with Gasteiger partial charge in [0.1, 0.15) is 0 Å². The highest BCUT2D eigenvalue weighted by Crippen LogP contribution is 2.25. The number of H-pyrrole nitrogens is 1. The lowest BCUT2D eigenvalue weighted by molar-refractivity contribution is 1.04. The van der Waals surface area contributed by atoms with E-state index in [1.54, 1.807) is 0 Å². The Morgan fingerprint density at radius 3 is 2.73 bits per heavy atom. The normalized spacial score (nSPS) is 10.5. The number of hydrogen-bond donors (Lipinski definition) is 2. The van der Waals surface area contributed by atoms with E-state index in [4.69, 9.17) is 5.73 Å². The Morgan fingerprint density at radius 1 is 1.33 bits per heavy atom. The van der Waals surface area contributed by atoms with Crippen molar-refractivity contribution in [1.29, 1.82) is 0 Å². The van der Waals surface area contributed by atoms with Crippen LogP contribution in [0.2, 0.25) is 0 Å². The van der Waals surface area contributed by atoms with E-state index in [-0.39, 0.29) is 0 Å². The molecule has 0 fully saturated rings. The van der Waals surface area contributed by atoms with Crippen molar-refractivity contribution in [2.75, 3.05) is 5.73 Å². The first-order chi connectivity index (χ1) is 7.20. The van der Waals surface area contributed by atoms with Crippen LogP contribution < -0.4 is 5.73 Å². The minimum atomic E-state index is 0.780. The molecule has 0 atom stereocenters. The van der Waals surface area contributed by atoms with Gasteiger partial charge in [0.25, 0.3) is 0 Å². The summed E-state index contributed by atoms with van der Waals surface area (Å²) in [6.07, 6.45) is 0.988. The van der Waals surface area contributed by atoms with Crippen LogP contribution in [-0.4, -0.2) is 10.2 Å². The average molecular weight is 201 g/mol. The number of hydrogen-bond acceptors (Lipinski definition) is 2. The van der Waals surface area contributed by atoms with Crippen molar-refractivity contribution in [3.05, 3.63) is 35.5 Å². The van der Waals surface area contributed by atoms with Gasteiger partial charge in [-0.2, -0.15) is 5.10 Å². The van der Waals surface area contributed by atoms with Gasteiger partial charge >= 0.3 is 0 Å². The smallest absolute Gasteiger partial charge is 0.0926 e. The molecule has 1 aromatic carbocycles. The fourth-order valence-corrected chi connectivity index (χ4v) is 1.70. The second kappa shape index (κ2) is 3.77. The predicted molar refractivity (Wildman–Crippen MR) is 62.6 cm³/mol. The lowest BCUT2D eigenvalue weighted by atomic mass is 10.0. The van der Waals surface area contributed by atoms with Crippen molar-refractivity contribution in [3.63, 3.8) is 0 Å². The lowest BCUT2D eigenvalue weighted by Gasteiger charge is -2.05. The Bertz CT molecular complexity index is 471. The summed E-state index contributed by atoms with van der Waals surface area (Å²) in [4.78, 5) is 0. The first-order valence-electron chi connectivity index (χ1n) is 5.11. The highest BCUT2D eigenvalue weighted by molar-refractivity contribution is 5.68. The van der Waals surface area contributed by atoms with Crippen LogP contribution in [0.15, 0.2) is 24.3 Å². The Balaban J connectivity index is 2.55. The fraction of sp³-hybridized carbons (Fsp3) is 0.250. The zero-order valence-corrected chi connectivity index (χ0v) is 9.04. The molecule has 3 N–H and O–H groups in total. The Kier molecular flexibility index (Phi) is 2.46. The number of nitrogens with zero attached hydrogens (tertiary/aromatic N) is 1. The second-order valence-corrected chi connectivity index (χ2v) is 3.71. The first kappa shape index (κ1) is 9.77. The van der Waals surface area contributed by atoms with Crippen LogP contribution in [-0.2, 0) is 6.42 Å². The lowest BCUT2D eigenvalue weighted by Crippen LogP contribution is -1.91.